The van der Waals surface area contributed by atoms with Gasteiger partial charge in [-0.2, -0.15) is 0 Å². The van der Waals surface area contributed by atoms with Gasteiger partial charge in [-0.1, -0.05) is 55.9 Å². The first-order chi connectivity index (χ1) is 13.5. The predicted octanol–water partition coefficient (Wildman–Crippen LogP) is 4.59. The molecular weight excluding hydrogens is 370 g/mol. The SMILES string of the molecule is CC(C)c1ccccc1NC(=O)CSc1nc2ccccc2c(=O)n1C1CC1. The Morgan fingerprint density at radius 1 is 1.18 bits per heavy atom. The van der Waals surface area contributed by atoms with Crippen LogP contribution in [0.1, 0.15) is 44.2 Å². The maximum absolute atomic E-state index is 12.9. The van der Waals surface area contributed by atoms with Gasteiger partial charge in [0, 0.05) is 11.7 Å². The third-order valence-corrected chi connectivity index (χ3v) is 5.83. The first-order valence-electron chi connectivity index (χ1n) is 9.57. The number of aromatic nitrogens is 2. The molecule has 1 heterocycles. The first kappa shape index (κ1) is 18.7. The number of benzene rings is 2. The number of hydrogen-bond donors (Lipinski definition) is 1. The van der Waals surface area contributed by atoms with E-state index in [9.17, 15) is 9.59 Å². The van der Waals surface area contributed by atoms with E-state index < -0.39 is 0 Å². The van der Waals surface area contributed by atoms with E-state index in [2.05, 4.69) is 24.1 Å². The lowest BCUT2D eigenvalue weighted by molar-refractivity contribution is -0.113. The Labute approximate surface area is 168 Å². The van der Waals surface area contributed by atoms with E-state index in [1.54, 1.807) is 4.57 Å². The molecule has 6 heteroatoms. The number of rotatable bonds is 6. The minimum Gasteiger partial charge on any atom is -0.325 e. The van der Waals surface area contributed by atoms with Gasteiger partial charge in [0.1, 0.15) is 0 Å². The normalized spacial score (nSPS) is 13.8. The van der Waals surface area contributed by atoms with Crippen LogP contribution in [0.15, 0.2) is 58.5 Å². The predicted molar refractivity (Wildman–Crippen MR) is 114 cm³/mol. The standard InChI is InChI=1S/C22H23N3O2S/c1-14(2)16-7-3-5-9-18(16)23-20(26)13-28-22-24-19-10-6-4-8-17(19)21(27)25(22)15-11-12-15/h3-10,14-15H,11-13H2,1-2H3,(H,23,26). The van der Waals surface area contributed by atoms with Crippen molar-refractivity contribution in [3.8, 4) is 0 Å². The molecule has 0 saturated heterocycles. The van der Waals surface area contributed by atoms with Crippen LogP contribution >= 0.6 is 11.8 Å². The summed E-state index contributed by atoms with van der Waals surface area (Å²) in [6.45, 7) is 4.21. The first-order valence-corrected chi connectivity index (χ1v) is 10.6. The molecule has 2 aromatic carbocycles. The topological polar surface area (TPSA) is 64.0 Å². The number of amides is 1. The van der Waals surface area contributed by atoms with Crippen molar-refractivity contribution in [2.75, 3.05) is 11.1 Å². The average molecular weight is 394 g/mol. The highest BCUT2D eigenvalue weighted by atomic mass is 32.2. The quantitative estimate of drug-likeness (QED) is 0.492. The molecule has 0 radical (unpaired) electrons. The van der Waals surface area contributed by atoms with Crippen molar-refractivity contribution in [3.05, 3.63) is 64.4 Å². The zero-order valence-corrected chi connectivity index (χ0v) is 16.8. The summed E-state index contributed by atoms with van der Waals surface area (Å²) in [7, 11) is 0. The number of para-hydroxylation sites is 2. The van der Waals surface area contributed by atoms with Gasteiger partial charge in [-0.15, -0.1) is 0 Å². The van der Waals surface area contributed by atoms with Crippen LogP contribution in [0.4, 0.5) is 5.69 Å². The maximum atomic E-state index is 12.9. The summed E-state index contributed by atoms with van der Waals surface area (Å²) in [5, 5.41) is 4.26. The Morgan fingerprint density at radius 3 is 2.64 bits per heavy atom. The lowest BCUT2D eigenvalue weighted by atomic mass is 10.0. The van der Waals surface area contributed by atoms with E-state index in [4.69, 9.17) is 0 Å². The van der Waals surface area contributed by atoms with Gasteiger partial charge >= 0.3 is 0 Å². The van der Waals surface area contributed by atoms with Gasteiger partial charge in [0.25, 0.3) is 5.56 Å². The molecule has 0 bridgehead atoms. The summed E-state index contributed by atoms with van der Waals surface area (Å²) in [4.78, 5) is 30.1. The smallest absolute Gasteiger partial charge is 0.262 e. The van der Waals surface area contributed by atoms with Crippen LogP contribution in [0, 0.1) is 0 Å². The fourth-order valence-corrected chi connectivity index (χ4v) is 4.18. The molecule has 1 aliphatic rings. The minimum absolute atomic E-state index is 0.0128. The van der Waals surface area contributed by atoms with E-state index in [-0.39, 0.29) is 23.3 Å². The van der Waals surface area contributed by atoms with Crippen molar-refractivity contribution in [1.29, 1.82) is 0 Å². The maximum Gasteiger partial charge on any atom is 0.262 e. The van der Waals surface area contributed by atoms with Crippen molar-refractivity contribution in [2.24, 2.45) is 0 Å². The van der Waals surface area contributed by atoms with E-state index >= 15 is 0 Å². The highest BCUT2D eigenvalue weighted by Crippen LogP contribution is 2.36. The number of fused-ring (bicyclic) bond motifs is 1. The summed E-state index contributed by atoms with van der Waals surface area (Å²) < 4.78 is 1.77. The molecule has 4 rings (SSSR count). The van der Waals surface area contributed by atoms with Gasteiger partial charge in [-0.3, -0.25) is 14.2 Å². The zero-order chi connectivity index (χ0) is 19.7. The van der Waals surface area contributed by atoms with Gasteiger partial charge in [0.05, 0.1) is 16.7 Å². The van der Waals surface area contributed by atoms with Gasteiger partial charge in [0.2, 0.25) is 5.91 Å². The van der Waals surface area contributed by atoms with E-state index in [1.807, 2.05) is 48.5 Å². The Kier molecular flexibility index (Phi) is 5.22. The molecule has 0 spiro atoms. The van der Waals surface area contributed by atoms with Crippen LogP contribution in [0.3, 0.4) is 0 Å². The van der Waals surface area contributed by atoms with Gasteiger partial charge < -0.3 is 5.32 Å². The Balaban J connectivity index is 1.55. The van der Waals surface area contributed by atoms with Crippen molar-refractivity contribution in [2.45, 2.75) is 43.8 Å². The average Bonchev–Trinajstić information content (AvgIpc) is 3.51. The fourth-order valence-electron chi connectivity index (χ4n) is 3.31. The number of carbonyl (C=O) groups is 1. The van der Waals surface area contributed by atoms with Crippen molar-refractivity contribution >= 4 is 34.3 Å². The van der Waals surface area contributed by atoms with Gasteiger partial charge in [0.15, 0.2) is 5.16 Å². The van der Waals surface area contributed by atoms with Gasteiger partial charge in [-0.25, -0.2) is 4.98 Å². The molecule has 1 N–H and O–H groups in total. The highest BCUT2D eigenvalue weighted by Gasteiger charge is 2.28. The highest BCUT2D eigenvalue weighted by molar-refractivity contribution is 7.99. The largest absolute Gasteiger partial charge is 0.325 e. The Bertz CT molecular complexity index is 1090. The number of carbonyl (C=O) groups excluding carboxylic acids is 1. The second kappa shape index (κ2) is 7.80. The van der Waals surface area contributed by atoms with E-state index in [0.717, 1.165) is 24.1 Å². The van der Waals surface area contributed by atoms with Crippen molar-refractivity contribution < 1.29 is 4.79 Å². The van der Waals surface area contributed by atoms with Crippen LogP contribution in [-0.2, 0) is 4.79 Å². The molecule has 1 amide bonds. The Morgan fingerprint density at radius 2 is 1.89 bits per heavy atom. The number of anilines is 1. The molecule has 144 valence electrons. The summed E-state index contributed by atoms with van der Waals surface area (Å²) in [5.41, 5.74) is 2.62. The number of nitrogens with one attached hydrogen (secondary N) is 1. The number of hydrogen-bond acceptors (Lipinski definition) is 4. The van der Waals surface area contributed by atoms with Crippen LogP contribution in [0.5, 0.6) is 0 Å². The summed E-state index contributed by atoms with van der Waals surface area (Å²) in [5.74, 6) is 0.443. The molecule has 0 aliphatic heterocycles. The fraction of sp³-hybridized carbons (Fsp3) is 0.318. The van der Waals surface area contributed by atoms with Crippen LogP contribution < -0.4 is 10.9 Å². The minimum atomic E-state index is -0.0946. The lowest BCUT2D eigenvalue weighted by Crippen LogP contribution is -2.23. The van der Waals surface area contributed by atoms with Crippen LogP contribution in [0.25, 0.3) is 10.9 Å². The summed E-state index contributed by atoms with van der Waals surface area (Å²) in [6, 6.07) is 15.4. The van der Waals surface area contributed by atoms with Gasteiger partial charge in [-0.05, 0) is 42.5 Å². The van der Waals surface area contributed by atoms with Crippen molar-refractivity contribution in [3.63, 3.8) is 0 Å². The molecule has 0 atom stereocenters. The number of thioether (sulfide) groups is 1. The third kappa shape index (κ3) is 3.83. The molecule has 1 saturated carbocycles. The molecule has 1 fully saturated rings. The summed E-state index contributed by atoms with van der Waals surface area (Å²) >= 11 is 1.33. The van der Waals surface area contributed by atoms with Crippen molar-refractivity contribution in [1.82, 2.24) is 9.55 Å². The zero-order valence-electron chi connectivity index (χ0n) is 16.0. The molecular formula is C22H23N3O2S. The molecule has 0 unspecified atom stereocenters. The molecule has 1 aliphatic carbocycles. The second-order valence-electron chi connectivity index (χ2n) is 7.40. The Hall–Kier alpha value is -2.60. The third-order valence-electron chi connectivity index (χ3n) is 4.88. The molecule has 28 heavy (non-hydrogen) atoms. The number of nitrogens with zero attached hydrogens (tertiary/aromatic N) is 2. The summed E-state index contributed by atoms with van der Waals surface area (Å²) in [6.07, 6.45) is 1.98. The lowest BCUT2D eigenvalue weighted by Gasteiger charge is -2.14. The van der Waals surface area contributed by atoms with Crippen LogP contribution in [0.2, 0.25) is 0 Å². The monoisotopic (exact) mass is 393 g/mol. The molecule has 5 nitrogen and oxygen atoms in total. The second-order valence-corrected chi connectivity index (χ2v) is 8.34. The van der Waals surface area contributed by atoms with E-state index in [0.29, 0.717) is 22.0 Å². The molecule has 1 aromatic heterocycles. The van der Waals surface area contributed by atoms with Crippen LogP contribution in [-0.4, -0.2) is 21.2 Å². The molecule has 3 aromatic rings. The van der Waals surface area contributed by atoms with E-state index in [1.165, 1.54) is 11.8 Å².